The molecular formula is C26H35N3O4. The van der Waals surface area contributed by atoms with Crippen molar-refractivity contribution in [3.05, 3.63) is 53.1 Å². The van der Waals surface area contributed by atoms with Gasteiger partial charge in [0.05, 0.1) is 20.3 Å². The lowest BCUT2D eigenvalue weighted by Gasteiger charge is -2.36. The van der Waals surface area contributed by atoms with Crippen LogP contribution in [0.2, 0.25) is 0 Å². The summed E-state index contributed by atoms with van der Waals surface area (Å²) in [6.07, 6.45) is 1.29. The number of fused-ring (bicyclic) bond motifs is 1. The molecule has 1 saturated heterocycles. The number of piperazine rings is 1. The normalized spacial score (nSPS) is 17.3. The highest BCUT2D eigenvalue weighted by atomic mass is 16.5. The van der Waals surface area contributed by atoms with Gasteiger partial charge in [0.1, 0.15) is 0 Å². The molecule has 7 heteroatoms. The van der Waals surface area contributed by atoms with Gasteiger partial charge in [0.25, 0.3) is 5.91 Å². The van der Waals surface area contributed by atoms with Crippen molar-refractivity contribution in [3.8, 4) is 11.5 Å². The Kier molecular flexibility index (Phi) is 7.40. The maximum Gasteiger partial charge on any atom is 0.255 e. The maximum atomic E-state index is 13.6. The molecule has 1 unspecified atom stereocenters. The molecule has 0 aliphatic carbocycles. The van der Waals surface area contributed by atoms with E-state index >= 15 is 0 Å². The van der Waals surface area contributed by atoms with E-state index in [-0.39, 0.29) is 18.6 Å². The van der Waals surface area contributed by atoms with Crippen LogP contribution in [-0.4, -0.2) is 74.4 Å². The number of hydrogen-bond acceptors (Lipinski definition) is 6. The highest BCUT2D eigenvalue weighted by molar-refractivity contribution is 6.00. The van der Waals surface area contributed by atoms with Crippen LogP contribution in [0.5, 0.6) is 11.5 Å². The van der Waals surface area contributed by atoms with E-state index in [2.05, 4.69) is 22.8 Å². The van der Waals surface area contributed by atoms with E-state index < -0.39 is 0 Å². The predicted octanol–water partition coefficient (Wildman–Crippen LogP) is 3.32. The minimum Gasteiger partial charge on any atom is -0.493 e. The average molecular weight is 454 g/mol. The average Bonchev–Trinajstić information content (AvgIpc) is 3.20. The minimum atomic E-state index is -0.151. The van der Waals surface area contributed by atoms with Crippen LogP contribution < -0.4 is 14.4 Å². The Bertz CT molecular complexity index is 972. The third-order valence-electron chi connectivity index (χ3n) is 6.94. The van der Waals surface area contributed by atoms with Crippen LogP contribution in [0.15, 0.2) is 36.4 Å². The minimum absolute atomic E-state index is 0.0526. The fraction of sp³-hybridized carbons (Fsp3) is 0.500. The molecule has 4 rings (SSSR count). The first-order valence-corrected chi connectivity index (χ1v) is 11.8. The molecule has 1 fully saturated rings. The number of carbonyl (C=O) groups is 1. The molecule has 1 atom stereocenters. The Morgan fingerprint density at radius 2 is 1.79 bits per heavy atom. The summed E-state index contributed by atoms with van der Waals surface area (Å²) in [4.78, 5) is 20.4. The van der Waals surface area contributed by atoms with Gasteiger partial charge >= 0.3 is 0 Å². The Morgan fingerprint density at radius 3 is 2.45 bits per heavy atom. The van der Waals surface area contributed by atoms with E-state index in [0.29, 0.717) is 30.9 Å². The van der Waals surface area contributed by atoms with E-state index in [0.717, 1.165) is 49.4 Å². The molecule has 2 heterocycles. The Balaban J connectivity index is 1.63. The van der Waals surface area contributed by atoms with Crippen molar-refractivity contribution in [3.63, 3.8) is 0 Å². The SMILES string of the molecule is CCN1CCN(c2cccc3c2CN(C(CCCO)c2ccc(OC)c(OC)c2)C3=O)CC1. The number of carbonyl (C=O) groups excluding carboxylic acids is 1. The Morgan fingerprint density at radius 1 is 1.03 bits per heavy atom. The number of aliphatic hydroxyl groups excluding tert-OH is 1. The van der Waals surface area contributed by atoms with Crippen molar-refractivity contribution in [2.75, 3.05) is 58.5 Å². The summed E-state index contributed by atoms with van der Waals surface area (Å²) in [5.41, 5.74) is 4.06. The van der Waals surface area contributed by atoms with E-state index in [1.54, 1.807) is 14.2 Å². The van der Waals surface area contributed by atoms with Crippen LogP contribution in [0.4, 0.5) is 5.69 Å². The summed E-state index contributed by atoms with van der Waals surface area (Å²) >= 11 is 0. The van der Waals surface area contributed by atoms with Gasteiger partial charge in [0, 0.05) is 56.1 Å². The molecule has 0 bridgehead atoms. The van der Waals surface area contributed by atoms with Crippen molar-refractivity contribution in [2.45, 2.75) is 32.4 Å². The number of nitrogens with zero attached hydrogens (tertiary/aromatic N) is 3. The summed E-state index contributed by atoms with van der Waals surface area (Å²) in [5, 5.41) is 9.52. The van der Waals surface area contributed by atoms with Crippen LogP contribution in [0.1, 0.15) is 47.3 Å². The molecule has 2 aliphatic heterocycles. The number of methoxy groups -OCH3 is 2. The Hall–Kier alpha value is -2.77. The number of amides is 1. The first-order valence-electron chi connectivity index (χ1n) is 11.8. The second-order valence-corrected chi connectivity index (χ2v) is 8.65. The molecule has 1 N–H and O–H groups in total. The van der Waals surface area contributed by atoms with Crippen molar-refractivity contribution >= 4 is 11.6 Å². The molecule has 33 heavy (non-hydrogen) atoms. The van der Waals surface area contributed by atoms with Gasteiger partial charge in [-0.25, -0.2) is 0 Å². The summed E-state index contributed by atoms with van der Waals surface area (Å²) in [7, 11) is 3.23. The second kappa shape index (κ2) is 10.4. The molecule has 0 spiro atoms. The van der Waals surface area contributed by atoms with Gasteiger partial charge in [0.2, 0.25) is 0 Å². The smallest absolute Gasteiger partial charge is 0.255 e. The lowest BCUT2D eigenvalue weighted by atomic mass is 9.99. The first kappa shape index (κ1) is 23.4. The lowest BCUT2D eigenvalue weighted by molar-refractivity contribution is 0.0682. The quantitative estimate of drug-likeness (QED) is 0.629. The largest absolute Gasteiger partial charge is 0.493 e. The molecule has 2 aliphatic rings. The van der Waals surface area contributed by atoms with Crippen molar-refractivity contribution in [1.82, 2.24) is 9.80 Å². The van der Waals surface area contributed by atoms with Crippen LogP contribution in [0, 0.1) is 0 Å². The van der Waals surface area contributed by atoms with E-state index in [1.165, 1.54) is 5.69 Å². The van der Waals surface area contributed by atoms with Gasteiger partial charge in [-0.05, 0) is 49.2 Å². The number of likely N-dealkylation sites (N-methyl/N-ethyl adjacent to an activating group) is 1. The highest BCUT2D eigenvalue weighted by Gasteiger charge is 2.36. The highest BCUT2D eigenvalue weighted by Crippen LogP contribution is 2.40. The predicted molar refractivity (Wildman–Crippen MR) is 129 cm³/mol. The second-order valence-electron chi connectivity index (χ2n) is 8.65. The standard InChI is InChI=1S/C26H35N3O4/c1-4-27-12-14-28(15-13-27)23-8-5-7-20-21(23)18-29(26(20)31)22(9-6-16-30)19-10-11-24(32-2)25(17-19)33-3/h5,7-8,10-11,17,22,30H,4,6,9,12-16,18H2,1-3H3. The van der Waals surface area contributed by atoms with Crippen molar-refractivity contribution in [2.24, 2.45) is 0 Å². The number of aliphatic hydroxyl groups is 1. The maximum absolute atomic E-state index is 13.6. The molecule has 1 amide bonds. The van der Waals surface area contributed by atoms with E-state index in [1.807, 2.05) is 35.2 Å². The Labute approximate surface area is 196 Å². The van der Waals surface area contributed by atoms with Crippen molar-refractivity contribution in [1.29, 1.82) is 0 Å². The number of ether oxygens (including phenoxy) is 2. The number of rotatable bonds is 9. The van der Waals surface area contributed by atoms with Crippen LogP contribution in [0.3, 0.4) is 0 Å². The third kappa shape index (κ3) is 4.66. The van der Waals surface area contributed by atoms with Crippen LogP contribution in [0.25, 0.3) is 0 Å². The summed E-state index contributed by atoms with van der Waals surface area (Å²) in [6.45, 7) is 7.97. The lowest BCUT2D eigenvalue weighted by Crippen LogP contribution is -2.46. The summed E-state index contributed by atoms with van der Waals surface area (Å²) in [5.74, 6) is 1.35. The topological polar surface area (TPSA) is 65.5 Å². The van der Waals surface area contributed by atoms with Gasteiger partial charge < -0.3 is 29.3 Å². The van der Waals surface area contributed by atoms with Crippen LogP contribution in [-0.2, 0) is 6.54 Å². The van der Waals surface area contributed by atoms with Gasteiger partial charge in [-0.3, -0.25) is 4.79 Å². The number of benzene rings is 2. The van der Waals surface area contributed by atoms with Crippen molar-refractivity contribution < 1.29 is 19.4 Å². The molecule has 0 radical (unpaired) electrons. The molecule has 0 saturated carbocycles. The fourth-order valence-corrected chi connectivity index (χ4v) is 5.04. The number of anilines is 1. The van der Waals surface area contributed by atoms with E-state index in [4.69, 9.17) is 9.47 Å². The summed E-state index contributed by atoms with van der Waals surface area (Å²) in [6, 6.07) is 11.8. The first-order chi connectivity index (χ1) is 16.1. The zero-order valence-electron chi connectivity index (χ0n) is 19.9. The molecule has 7 nitrogen and oxygen atoms in total. The van der Waals surface area contributed by atoms with Gasteiger partial charge in [0.15, 0.2) is 11.5 Å². The zero-order chi connectivity index (χ0) is 23.4. The van der Waals surface area contributed by atoms with Gasteiger partial charge in [-0.2, -0.15) is 0 Å². The fourth-order valence-electron chi connectivity index (χ4n) is 5.04. The zero-order valence-corrected chi connectivity index (χ0v) is 19.9. The molecular weight excluding hydrogens is 418 g/mol. The van der Waals surface area contributed by atoms with Gasteiger partial charge in [-0.15, -0.1) is 0 Å². The monoisotopic (exact) mass is 453 g/mol. The van der Waals surface area contributed by atoms with Gasteiger partial charge in [-0.1, -0.05) is 19.1 Å². The number of hydrogen-bond donors (Lipinski definition) is 1. The molecule has 2 aromatic carbocycles. The molecule has 2 aromatic rings. The third-order valence-corrected chi connectivity index (χ3v) is 6.94. The summed E-state index contributed by atoms with van der Waals surface area (Å²) < 4.78 is 10.9. The van der Waals surface area contributed by atoms with E-state index in [9.17, 15) is 9.90 Å². The van der Waals surface area contributed by atoms with Crippen LogP contribution >= 0.6 is 0 Å². The molecule has 0 aromatic heterocycles. The molecule has 178 valence electrons.